The van der Waals surface area contributed by atoms with Crippen LogP contribution in [0.1, 0.15) is 18.4 Å². The predicted molar refractivity (Wildman–Crippen MR) is 98.2 cm³/mol. The number of nitrogens with one attached hydrogen (secondary N) is 1. The minimum absolute atomic E-state index is 0.00184. The summed E-state index contributed by atoms with van der Waals surface area (Å²) in [5, 5.41) is 2.54. The summed E-state index contributed by atoms with van der Waals surface area (Å²) in [6.45, 7) is -0.387. The molecule has 1 amide bonds. The Labute approximate surface area is 168 Å². The minimum atomic E-state index is -4.45. The van der Waals surface area contributed by atoms with Gasteiger partial charge in [0.25, 0.3) is 5.56 Å². The first kappa shape index (κ1) is 20.2. The van der Waals surface area contributed by atoms with Crippen LogP contribution < -0.4 is 20.3 Å². The molecule has 0 aliphatic carbocycles. The van der Waals surface area contributed by atoms with Crippen molar-refractivity contribution in [3.8, 4) is 17.4 Å². The predicted octanol–water partition coefficient (Wildman–Crippen LogP) is 2.23. The first-order chi connectivity index (χ1) is 14.3. The number of ether oxygens (including phenoxy) is 3. The largest absolute Gasteiger partial charge is 0.484 e. The molecule has 3 heterocycles. The number of carbonyl (C=O) groups excluding carboxylic acids is 1. The third-order valence-electron chi connectivity index (χ3n) is 4.68. The molecule has 2 aliphatic heterocycles. The number of aromatic nitrogens is 2. The Hall–Kier alpha value is -3.08. The van der Waals surface area contributed by atoms with E-state index in [4.69, 9.17) is 14.2 Å². The molecule has 1 aromatic carbocycles. The molecule has 0 bridgehead atoms. The van der Waals surface area contributed by atoms with Crippen LogP contribution in [0, 0.1) is 0 Å². The maximum Gasteiger partial charge on any atom is 0.422 e. The molecule has 0 radical (unpaired) electrons. The molecule has 1 saturated heterocycles. The van der Waals surface area contributed by atoms with Gasteiger partial charge in [0.1, 0.15) is 17.7 Å². The number of amides is 1. The van der Waals surface area contributed by atoms with E-state index in [9.17, 15) is 22.8 Å². The van der Waals surface area contributed by atoms with Crippen LogP contribution in [-0.4, -0.2) is 47.6 Å². The first-order valence-electron chi connectivity index (χ1n) is 9.30. The van der Waals surface area contributed by atoms with Gasteiger partial charge in [0.05, 0.1) is 30.9 Å². The van der Waals surface area contributed by atoms with E-state index in [0.717, 1.165) is 0 Å². The van der Waals surface area contributed by atoms with Crippen LogP contribution in [0.15, 0.2) is 29.1 Å². The summed E-state index contributed by atoms with van der Waals surface area (Å²) in [5.74, 6) is -0.185. The van der Waals surface area contributed by atoms with Gasteiger partial charge in [-0.25, -0.2) is 4.57 Å². The van der Waals surface area contributed by atoms with E-state index in [1.807, 2.05) is 0 Å². The zero-order valence-electron chi connectivity index (χ0n) is 15.7. The molecule has 1 fully saturated rings. The molecule has 4 rings (SSSR count). The third-order valence-corrected chi connectivity index (χ3v) is 4.68. The van der Waals surface area contributed by atoms with E-state index in [0.29, 0.717) is 31.7 Å². The number of hydrogen-bond donors (Lipinski definition) is 1. The second-order valence-electron chi connectivity index (χ2n) is 6.91. The molecule has 2 aromatic rings. The Balaban J connectivity index is 1.68. The highest BCUT2D eigenvalue weighted by Crippen LogP contribution is 2.26. The van der Waals surface area contributed by atoms with Crippen molar-refractivity contribution in [1.82, 2.24) is 9.55 Å². The quantitative estimate of drug-likeness (QED) is 0.790. The fraction of sp³-hybridized carbons (Fsp3) is 0.421. The number of rotatable bonds is 5. The van der Waals surface area contributed by atoms with E-state index in [1.165, 1.54) is 28.8 Å². The lowest BCUT2D eigenvalue weighted by Gasteiger charge is -2.24. The van der Waals surface area contributed by atoms with Gasteiger partial charge in [-0.15, -0.1) is 0 Å². The molecule has 0 spiro atoms. The topological polar surface area (TPSA) is 91.7 Å². The fourth-order valence-corrected chi connectivity index (χ4v) is 3.24. The van der Waals surface area contributed by atoms with Crippen LogP contribution in [0.2, 0.25) is 0 Å². The fourth-order valence-electron chi connectivity index (χ4n) is 3.24. The lowest BCUT2D eigenvalue weighted by atomic mass is 10.2. The monoisotopic (exact) mass is 425 g/mol. The van der Waals surface area contributed by atoms with Crippen molar-refractivity contribution in [3.05, 3.63) is 40.2 Å². The molecule has 30 heavy (non-hydrogen) atoms. The number of alkyl halides is 3. The summed E-state index contributed by atoms with van der Waals surface area (Å²) >= 11 is 0. The lowest BCUT2D eigenvalue weighted by molar-refractivity contribution is -0.153. The van der Waals surface area contributed by atoms with Gasteiger partial charge in [-0.1, -0.05) is 0 Å². The second kappa shape index (κ2) is 7.98. The molecule has 2 aliphatic rings. The molecule has 0 unspecified atom stereocenters. The van der Waals surface area contributed by atoms with Crippen molar-refractivity contribution in [2.75, 3.05) is 25.1 Å². The minimum Gasteiger partial charge on any atom is -0.484 e. The number of halogens is 3. The Morgan fingerprint density at radius 1 is 1.17 bits per heavy atom. The van der Waals surface area contributed by atoms with Gasteiger partial charge in [0.15, 0.2) is 6.61 Å². The Morgan fingerprint density at radius 2 is 1.87 bits per heavy atom. The third kappa shape index (κ3) is 4.40. The van der Waals surface area contributed by atoms with Crippen LogP contribution >= 0.6 is 0 Å². The molecule has 1 aromatic heterocycles. The average Bonchev–Trinajstić information content (AvgIpc) is 3.08. The van der Waals surface area contributed by atoms with E-state index in [-0.39, 0.29) is 41.6 Å². The summed E-state index contributed by atoms with van der Waals surface area (Å²) in [5.41, 5.74) is 0.0529. The highest BCUT2D eigenvalue weighted by Gasteiger charge is 2.29. The molecule has 0 saturated carbocycles. The van der Waals surface area contributed by atoms with Crippen molar-refractivity contribution >= 4 is 11.7 Å². The Kier molecular flexibility index (Phi) is 5.37. The smallest absolute Gasteiger partial charge is 0.422 e. The van der Waals surface area contributed by atoms with Gasteiger partial charge in [0, 0.05) is 12.8 Å². The number of hydrogen-bond acceptors (Lipinski definition) is 6. The van der Waals surface area contributed by atoms with Gasteiger partial charge >= 0.3 is 12.2 Å². The number of anilines is 1. The van der Waals surface area contributed by atoms with Crippen molar-refractivity contribution in [2.24, 2.45) is 0 Å². The number of nitrogens with zero attached hydrogens (tertiary/aromatic N) is 2. The molecule has 11 heteroatoms. The van der Waals surface area contributed by atoms with Gasteiger partial charge in [-0.3, -0.25) is 9.59 Å². The van der Waals surface area contributed by atoms with Gasteiger partial charge < -0.3 is 19.5 Å². The maximum absolute atomic E-state index is 13.1. The van der Waals surface area contributed by atoms with Gasteiger partial charge in [-0.05, 0) is 24.3 Å². The standard InChI is InChI=1S/C19H18F3N3O5/c20-19(21,22)10-29-12-3-1-11(2-4-12)25-17(27)14-9-15(26)23-16(14)24-18(25)30-13-5-7-28-8-6-13/h1-4,13H,5-10H2,(H,23,26). The molecular weight excluding hydrogens is 407 g/mol. The van der Waals surface area contributed by atoms with Crippen LogP contribution in [-0.2, 0) is 16.0 Å². The van der Waals surface area contributed by atoms with Crippen molar-refractivity contribution < 1.29 is 32.2 Å². The zero-order chi connectivity index (χ0) is 21.3. The SMILES string of the molecule is O=C1Cc2c(nc(OC3CCOCC3)n(-c3ccc(OCC(F)(F)F)cc3)c2=O)N1. The van der Waals surface area contributed by atoms with Gasteiger partial charge in [0.2, 0.25) is 5.91 Å². The van der Waals surface area contributed by atoms with Crippen LogP contribution in [0.25, 0.3) is 5.69 Å². The maximum atomic E-state index is 13.1. The Morgan fingerprint density at radius 3 is 2.53 bits per heavy atom. The highest BCUT2D eigenvalue weighted by molar-refractivity contribution is 5.97. The van der Waals surface area contributed by atoms with E-state index in [1.54, 1.807) is 0 Å². The van der Waals surface area contributed by atoms with Crippen molar-refractivity contribution in [2.45, 2.75) is 31.5 Å². The number of benzene rings is 1. The van der Waals surface area contributed by atoms with E-state index < -0.39 is 18.3 Å². The summed E-state index contributed by atoms with van der Waals surface area (Å²) in [6.07, 6.45) is -3.55. The average molecular weight is 425 g/mol. The summed E-state index contributed by atoms with van der Waals surface area (Å²) in [7, 11) is 0. The Bertz CT molecular complexity index is 998. The zero-order valence-corrected chi connectivity index (χ0v) is 15.7. The van der Waals surface area contributed by atoms with Crippen LogP contribution in [0.5, 0.6) is 11.8 Å². The van der Waals surface area contributed by atoms with Crippen LogP contribution in [0.4, 0.5) is 19.0 Å². The van der Waals surface area contributed by atoms with E-state index >= 15 is 0 Å². The summed E-state index contributed by atoms with van der Waals surface area (Å²) in [6, 6.07) is 5.51. The number of fused-ring (bicyclic) bond motifs is 1. The first-order valence-corrected chi connectivity index (χ1v) is 9.30. The van der Waals surface area contributed by atoms with E-state index in [2.05, 4.69) is 10.3 Å². The highest BCUT2D eigenvalue weighted by atomic mass is 19.4. The molecular formula is C19H18F3N3O5. The molecule has 160 valence electrons. The van der Waals surface area contributed by atoms with Crippen molar-refractivity contribution in [3.63, 3.8) is 0 Å². The normalized spacial score (nSPS) is 16.8. The van der Waals surface area contributed by atoms with Crippen molar-refractivity contribution in [1.29, 1.82) is 0 Å². The molecule has 1 N–H and O–H groups in total. The number of carbonyl (C=O) groups is 1. The summed E-state index contributed by atoms with van der Waals surface area (Å²) in [4.78, 5) is 29.1. The molecule has 0 atom stereocenters. The van der Waals surface area contributed by atoms with Gasteiger partial charge in [-0.2, -0.15) is 18.2 Å². The summed E-state index contributed by atoms with van der Waals surface area (Å²) < 4.78 is 54.2. The lowest BCUT2D eigenvalue weighted by Crippen LogP contribution is -2.31. The van der Waals surface area contributed by atoms with Crippen LogP contribution in [0.3, 0.4) is 0 Å². The molecule has 8 nitrogen and oxygen atoms in total. The second-order valence-corrected chi connectivity index (χ2v) is 6.91.